The van der Waals surface area contributed by atoms with Gasteiger partial charge in [0.2, 0.25) is 0 Å². The summed E-state index contributed by atoms with van der Waals surface area (Å²) in [7, 11) is 1.75. The highest BCUT2D eigenvalue weighted by Gasteiger charge is 1.99. The van der Waals surface area contributed by atoms with Crippen LogP contribution in [0.4, 0.5) is 0 Å². The monoisotopic (exact) mass is 430 g/mol. The predicted molar refractivity (Wildman–Crippen MR) is 103 cm³/mol. The van der Waals surface area contributed by atoms with E-state index in [9.17, 15) is 0 Å². The van der Waals surface area contributed by atoms with Gasteiger partial charge in [-0.15, -0.1) is 24.0 Å². The van der Waals surface area contributed by atoms with Crippen molar-refractivity contribution in [1.29, 1.82) is 0 Å². The second-order valence-electron chi connectivity index (χ2n) is 4.75. The van der Waals surface area contributed by atoms with E-state index in [1.165, 1.54) is 11.1 Å². The van der Waals surface area contributed by atoms with Crippen molar-refractivity contribution in [3.63, 3.8) is 0 Å². The fourth-order valence-corrected chi connectivity index (χ4v) is 1.92. The third-order valence-corrected chi connectivity index (χ3v) is 3.28. The third-order valence-electron chi connectivity index (χ3n) is 3.05. The number of aryl methyl sites for hydroxylation is 1. The number of nitrogens with zero attached hydrogens (tertiary/aromatic N) is 2. The van der Waals surface area contributed by atoms with E-state index >= 15 is 0 Å². The van der Waals surface area contributed by atoms with E-state index in [1.54, 1.807) is 19.3 Å². The van der Waals surface area contributed by atoms with Crippen molar-refractivity contribution >= 4 is 41.5 Å². The van der Waals surface area contributed by atoms with Crippen LogP contribution in [0.1, 0.15) is 16.7 Å². The third kappa shape index (κ3) is 6.19. The summed E-state index contributed by atoms with van der Waals surface area (Å²) in [6.07, 6.45) is 1.75. The molecular weight excluding hydrogens is 411 g/mol. The van der Waals surface area contributed by atoms with Crippen molar-refractivity contribution in [3.8, 4) is 0 Å². The van der Waals surface area contributed by atoms with Crippen LogP contribution in [0, 0.1) is 6.92 Å². The molecule has 0 fully saturated rings. The van der Waals surface area contributed by atoms with E-state index in [1.807, 2.05) is 6.07 Å². The standard InChI is InChI=1S/C16H19ClN4.HI/c1-12-3-5-13(6-4-12)9-20-16(18-2)21-11-14-7-8-15(17)19-10-14;/h3-8,10H,9,11H2,1-2H3,(H2,18,20,21);1H. The fourth-order valence-electron chi connectivity index (χ4n) is 1.81. The maximum Gasteiger partial charge on any atom is 0.191 e. The van der Waals surface area contributed by atoms with Crippen molar-refractivity contribution < 1.29 is 0 Å². The molecule has 22 heavy (non-hydrogen) atoms. The Kier molecular flexibility index (Phi) is 8.19. The largest absolute Gasteiger partial charge is 0.352 e. The van der Waals surface area contributed by atoms with Gasteiger partial charge in [-0.25, -0.2) is 4.98 Å². The molecular formula is C16H20ClIN4. The number of rotatable bonds is 4. The zero-order chi connectivity index (χ0) is 15.1. The molecule has 4 nitrogen and oxygen atoms in total. The minimum Gasteiger partial charge on any atom is -0.352 e. The summed E-state index contributed by atoms with van der Waals surface area (Å²) in [5.41, 5.74) is 3.53. The van der Waals surface area contributed by atoms with Crippen molar-refractivity contribution in [1.82, 2.24) is 15.6 Å². The molecule has 118 valence electrons. The number of hydrogen-bond donors (Lipinski definition) is 2. The first kappa shape index (κ1) is 18.7. The number of guanidine groups is 1. The molecule has 0 saturated heterocycles. The number of aliphatic imine (C=N–C) groups is 1. The van der Waals surface area contributed by atoms with Gasteiger partial charge in [-0.1, -0.05) is 47.5 Å². The number of hydrogen-bond acceptors (Lipinski definition) is 2. The molecule has 0 spiro atoms. The predicted octanol–water partition coefficient (Wildman–Crippen LogP) is 3.53. The maximum absolute atomic E-state index is 5.76. The lowest BCUT2D eigenvalue weighted by Gasteiger charge is -2.12. The lowest BCUT2D eigenvalue weighted by Crippen LogP contribution is -2.36. The lowest BCUT2D eigenvalue weighted by molar-refractivity contribution is 0.806. The minimum atomic E-state index is 0. The van der Waals surface area contributed by atoms with Gasteiger partial charge in [0.05, 0.1) is 0 Å². The van der Waals surface area contributed by atoms with Gasteiger partial charge in [0.1, 0.15) is 5.15 Å². The van der Waals surface area contributed by atoms with Gasteiger partial charge in [-0.2, -0.15) is 0 Å². The summed E-state index contributed by atoms with van der Waals surface area (Å²) < 4.78 is 0. The summed E-state index contributed by atoms with van der Waals surface area (Å²) in [6.45, 7) is 3.47. The molecule has 0 atom stereocenters. The van der Waals surface area contributed by atoms with Gasteiger partial charge in [0.15, 0.2) is 5.96 Å². The second kappa shape index (κ2) is 9.63. The van der Waals surface area contributed by atoms with E-state index < -0.39 is 0 Å². The van der Waals surface area contributed by atoms with E-state index in [0.29, 0.717) is 11.7 Å². The van der Waals surface area contributed by atoms with Crippen molar-refractivity contribution in [2.45, 2.75) is 20.0 Å². The lowest BCUT2D eigenvalue weighted by atomic mass is 10.1. The normalized spacial score (nSPS) is 10.8. The van der Waals surface area contributed by atoms with Crippen LogP contribution < -0.4 is 10.6 Å². The highest BCUT2D eigenvalue weighted by atomic mass is 127. The molecule has 0 amide bonds. The van der Waals surface area contributed by atoms with Gasteiger partial charge < -0.3 is 10.6 Å². The van der Waals surface area contributed by atoms with E-state index in [4.69, 9.17) is 11.6 Å². The molecule has 2 aromatic rings. The summed E-state index contributed by atoms with van der Waals surface area (Å²) in [5.74, 6) is 0.755. The summed E-state index contributed by atoms with van der Waals surface area (Å²) in [4.78, 5) is 8.25. The number of aromatic nitrogens is 1. The number of pyridine rings is 1. The SMILES string of the molecule is CN=C(NCc1ccc(C)cc1)NCc1ccc(Cl)nc1.I. The quantitative estimate of drug-likeness (QED) is 0.338. The van der Waals surface area contributed by atoms with Crippen molar-refractivity contribution in [2.24, 2.45) is 4.99 Å². The molecule has 0 unspecified atom stereocenters. The van der Waals surface area contributed by atoms with Gasteiger partial charge in [-0.3, -0.25) is 4.99 Å². The Bertz CT molecular complexity index is 545. The number of benzene rings is 1. The van der Waals surface area contributed by atoms with Gasteiger partial charge >= 0.3 is 0 Å². The van der Waals surface area contributed by atoms with Crippen molar-refractivity contribution in [3.05, 3.63) is 64.4 Å². The molecule has 2 N–H and O–H groups in total. The smallest absolute Gasteiger partial charge is 0.191 e. The first-order chi connectivity index (χ1) is 10.2. The topological polar surface area (TPSA) is 49.3 Å². The first-order valence-corrected chi connectivity index (χ1v) is 7.15. The minimum absolute atomic E-state index is 0. The van der Waals surface area contributed by atoms with Gasteiger partial charge in [-0.05, 0) is 24.1 Å². The first-order valence-electron chi connectivity index (χ1n) is 6.78. The zero-order valence-corrected chi connectivity index (χ0v) is 15.7. The van der Waals surface area contributed by atoms with E-state index in [0.717, 1.165) is 18.1 Å². The zero-order valence-electron chi connectivity index (χ0n) is 12.6. The molecule has 1 aromatic carbocycles. The molecule has 1 aromatic heterocycles. The van der Waals surface area contributed by atoms with Crippen LogP contribution in [0.5, 0.6) is 0 Å². The summed E-state index contributed by atoms with van der Waals surface area (Å²) in [6, 6.07) is 12.1. The molecule has 2 rings (SSSR count). The Labute approximate surface area is 153 Å². The van der Waals surface area contributed by atoms with Crippen LogP contribution in [0.3, 0.4) is 0 Å². The number of halogens is 2. The molecule has 1 heterocycles. The maximum atomic E-state index is 5.76. The Morgan fingerprint density at radius 1 is 1.05 bits per heavy atom. The summed E-state index contributed by atoms with van der Waals surface area (Å²) in [5, 5.41) is 7.02. The average Bonchev–Trinajstić information content (AvgIpc) is 2.51. The molecule has 0 radical (unpaired) electrons. The van der Waals surface area contributed by atoms with Gasteiger partial charge in [0, 0.05) is 26.3 Å². The molecule has 0 aliphatic heterocycles. The van der Waals surface area contributed by atoms with Crippen LogP contribution in [-0.2, 0) is 13.1 Å². The fraction of sp³-hybridized carbons (Fsp3) is 0.250. The van der Waals surface area contributed by atoms with Crippen LogP contribution in [0.25, 0.3) is 0 Å². The Balaban J connectivity index is 0.00000242. The van der Waals surface area contributed by atoms with Crippen LogP contribution >= 0.6 is 35.6 Å². The Morgan fingerprint density at radius 2 is 1.64 bits per heavy atom. The van der Waals surface area contributed by atoms with E-state index in [2.05, 4.69) is 51.8 Å². The Morgan fingerprint density at radius 3 is 2.18 bits per heavy atom. The summed E-state index contributed by atoms with van der Waals surface area (Å²) >= 11 is 5.76. The van der Waals surface area contributed by atoms with Gasteiger partial charge in [0.25, 0.3) is 0 Å². The second-order valence-corrected chi connectivity index (χ2v) is 5.14. The highest BCUT2D eigenvalue weighted by Crippen LogP contribution is 2.05. The number of nitrogens with one attached hydrogen (secondary N) is 2. The van der Waals surface area contributed by atoms with Crippen LogP contribution in [0.15, 0.2) is 47.6 Å². The Hall–Kier alpha value is -1.34. The van der Waals surface area contributed by atoms with Crippen LogP contribution in [0.2, 0.25) is 5.15 Å². The highest BCUT2D eigenvalue weighted by molar-refractivity contribution is 14.0. The molecule has 6 heteroatoms. The molecule has 0 aliphatic rings. The molecule has 0 aliphatic carbocycles. The molecule has 0 bridgehead atoms. The van der Waals surface area contributed by atoms with E-state index in [-0.39, 0.29) is 24.0 Å². The van der Waals surface area contributed by atoms with Crippen molar-refractivity contribution in [2.75, 3.05) is 7.05 Å². The van der Waals surface area contributed by atoms with Crippen LogP contribution in [-0.4, -0.2) is 18.0 Å². The average molecular weight is 431 g/mol. The molecule has 0 saturated carbocycles.